The van der Waals surface area contributed by atoms with E-state index in [1.807, 2.05) is 0 Å². The third-order valence-corrected chi connectivity index (χ3v) is 3.61. The zero-order chi connectivity index (χ0) is 12.7. The van der Waals surface area contributed by atoms with Crippen molar-refractivity contribution in [1.82, 2.24) is 5.32 Å². The van der Waals surface area contributed by atoms with E-state index in [0.29, 0.717) is 38.6 Å². The highest BCUT2D eigenvalue weighted by atomic mass is 16.5. The molecular weight excluding hydrogens is 218 g/mol. The zero-order valence-corrected chi connectivity index (χ0v) is 11.6. The number of rotatable bonds is 9. The summed E-state index contributed by atoms with van der Waals surface area (Å²) in [6, 6.07) is 0.590. The highest BCUT2D eigenvalue weighted by molar-refractivity contribution is 5.02. The molecule has 1 aliphatic rings. The molecule has 17 heavy (non-hydrogen) atoms. The molecule has 0 bridgehead atoms. The number of hydrogen-bond donors (Lipinski definition) is 1. The van der Waals surface area contributed by atoms with Gasteiger partial charge in [-0.2, -0.15) is 0 Å². The molecule has 0 aromatic rings. The van der Waals surface area contributed by atoms with Crippen LogP contribution in [0.3, 0.4) is 0 Å². The lowest BCUT2D eigenvalue weighted by Crippen LogP contribution is -2.61. The van der Waals surface area contributed by atoms with Gasteiger partial charge in [0.15, 0.2) is 0 Å². The van der Waals surface area contributed by atoms with Crippen LogP contribution in [-0.2, 0) is 14.2 Å². The van der Waals surface area contributed by atoms with Crippen LogP contribution in [0.4, 0.5) is 0 Å². The third kappa shape index (κ3) is 4.21. The van der Waals surface area contributed by atoms with Crippen LogP contribution >= 0.6 is 0 Å². The van der Waals surface area contributed by atoms with E-state index in [9.17, 15) is 0 Å². The Morgan fingerprint density at radius 3 is 2.47 bits per heavy atom. The van der Waals surface area contributed by atoms with Gasteiger partial charge in [0, 0.05) is 18.6 Å². The van der Waals surface area contributed by atoms with Gasteiger partial charge in [0.25, 0.3) is 0 Å². The molecule has 2 atom stereocenters. The molecule has 0 saturated heterocycles. The average Bonchev–Trinajstić information content (AvgIpc) is 2.31. The van der Waals surface area contributed by atoms with Gasteiger partial charge in [0.05, 0.1) is 32.5 Å². The van der Waals surface area contributed by atoms with Crippen molar-refractivity contribution in [2.24, 2.45) is 5.41 Å². The molecular formula is C13H27NO3. The van der Waals surface area contributed by atoms with E-state index in [1.165, 1.54) is 0 Å². The Kier molecular flexibility index (Phi) is 6.41. The maximum absolute atomic E-state index is 5.84. The smallest absolute Gasteiger partial charge is 0.0704 e. The Balaban J connectivity index is 2.05. The fourth-order valence-electron chi connectivity index (χ4n) is 2.25. The minimum atomic E-state index is 0.239. The highest BCUT2D eigenvalue weighted by Gasteiger charge is 2.48. The topological polar surface area (TPSA) is 39.7 Å². The Hall–Kier alpha value is -0.160. The lowest BCUT2D eigenvalue weighted by atomic mass is 9.64. The summed E-state index contributed by atoms with van der Waals surface area (Å²) < 4.78 is 16.1. The molecule has 1 N–H and O–H groups in total. The minimum Gasteiger partial charge on any atom is -0.382 e. The van der Waals surface area contributed by atoms with Crippen molar-refractivity contribution in [3.63, 3.8) is 0 Å². The summed E-state index contributed by atoms with van der Waals surface area (Å²) in [6.45, 7) is 10.3. The summed E-state index contributed by atoms with van der Waals surface area (Å²) >= 11 is 0. The number of nitrogens with one attached hydrogen (secondary N) is 1. The molecule has 0 amide bonds. The average molecular weight is 245 g/mol. The molecule has 102 valence electrons. The van der Waals surface area contributed by atoms with Gasteiger partial charge in [-0.05, 0) is 13.0 Å². The lowest BCUT2D eigenvalue weighted by Gasteiger charge is -2.52. The molecule has 1 fully saturated rings. The normalized spacial score (nSPS) is 26.8. The van der Waals surface area contributed by atoms with Crippen molar-refractivity contribution in [2.45, 2.75) is 39.3 Å². The van der Waals surface area contributed by atoms with Gasteiger partial charge in [0.1, 0.15) is 0 Å². The van der Waals surface area contributed by atoms with Crippen LogP contribution in [0.2, 0.25) is 0 Å². The molecule has 0 heterocycles. The Morgan fingerprint density at radius 1 is 1.18 bits per heavy atom. The molecule has 0 radical (unpaired) electrons. The van der Waals surface area contributed by atoms with Crippen LogP contribution in [-0.4, -0.2) is 52.2 Å². The molecule has 4 heteroatoms. The first kappa shape index (κ1) is 14.9. The summed E-state index contributed by atoms with van der Waals surface area (Å²) in [5.41, 5.74) is 0.239. The van der Waals surface area contributed by atoms with Gasteiger partial charge in [-0.1, -0.05) is 20.8 Å². The molecule has 1 rings (SSSR count). The molecule has 4 nitrogen and oxygen atoms in total. The molecule has 0 aromatic heterocycles. The predicted octanol–water partition coefficient (Wildman–Crippen LogP) is 1.44. The highest BCUT2D eigenvalue weighted by Crippen LogP contribution is 2.42. The molecule has 0 aliphatic heterocycles. The van der Waals surface area contributed by atoms with Crippen LogP contribution in [0.1, 0.15) is 27.2 Å². The largest absolute Gasteiger partial charge is 0.382 e. The Morgan fingerprint density at radius 2 is 1.88 bits per heavy atom. The fraction of sp³-hybridized carbons (Fsp3) is 1.00. The maximum Gasteiger partial charge on any atom is 0.0704 e. The van der Waals surface area contributed by atoms with Crippen molar-refractivity contribution in [2.75, 3.05) is 40.1 Å². The van der Waals surface area contributed by atoms with E-state index in [-0.39, 0.29) is 5.41 Å². The van der Waals surface area contributed by atoms with Crippen molar-refractivity contribution >= 4 is 0 Å². The summed E-state index contributed by atoms with van der Waals surface area (Å²) in [4.78, 5) is 0. The van der Waals surface area contributed by atoms with Gasteiger partial charge in [-0.3, -0.25) is 0 Å². The summed E-state index contributed by atoms with van der Waals surface area (Å²) in [7, 11) is 1.68. The standard InChI is InChI=1S/C13H27NO3/c1-5-14-11-10-12(13(11,2)3)17-9-8-16-7-6-15-4/h11-12,14H,5-10H2,1-4H3. The molecule has 1 saturated carbocycles. The quantitative estimate of drug-likeness (QED) is 0.624. The molecule has 0 aromatic carbocycles. The van der Waals surface area contributed by atoms with Gasteiger partial charge in [0.2, 0.25) is 0 Å². The summed E-state index contributed by atoms with van der Waals surface area (Å²) in [5, 5.41) is 3.49. The van der Waals surface area contributed by atoms with Crippen LogP contribution in [0.5, 0.6) is 0 Å². The minimum absolute atomic E-state index is 0.239. The first-order chi connectivity index (χ1) is 8.12. The van der Waals surface area contributed by atoms with Crippen LogP contribution in [0.25, 0.3) is 0 Å². The summed E-state index contributed by atoms with van der Waals surface area (Å²) in [5.74, 6) is 0. The van der Waals surface area contributed by atoms with Crippen LogP contribution < -0.4 is 5.32 Å². The third-order valence-electron chi connectivity index (χ3n) is 3.61. The predicted molar refractivity (Wildman–Crippen MR) is 68.3 cm³/mol. The van der Waals surface area contributed by atoms with E-state index in [1.54, 1.807) is 7.11 Å². The lowest BCUT2D eigenvalue weighted by molar-refractivity contribution is -0.127. The van der Waals surface area contributed by atoms with Crippen molar-refractivity contribution in [1.29, 1.82) is 0 Å². The van der Waals surface area contributed by atoms with E-state index in [0.717, 1.165) is 13.0 Å². The van der Waals surface area contributed by atoms with E-state index >= 15 is 0 Å². The molecule has 2 unspecified atom stereocenters. The van der Waals surface area contributed by atoms with Gasteiger partial charge in [-0.15, -0.1) is 0 Å². The van der Waals surface area contributed by atoms with Gasteiger partial charge in [-0.25, -0.2) is 0 Å². The Bertz CT molecular complexity index is 209. The van der Waals surface area contributed by atoms with Crippen LogP contribution in [0, 0.1) is 5.41 Å². The number of methoxy groups -OCH3 is 1. The molecule has 0 spiro atoms. The van der Waals surface area contributed by atoms with Crippen molar-refractivity contribution in [3.05, 3.63) is 0 Å². The van der Waals surface area contributed by atoms with E-state index in [2.05, 4.69) is 26.1 Å². The first-order valence-corrected chi connectivity index (χ1v) is 6.54. The zero-order valence-electron chi connectivity index (χ0n) is 11.6. The fourth-order valence-corrected chi connectivity index (χ4v) is 2.25. The second-order valence-electron chi connectivity index (χ2n) is 5.13. The van der Waals surface area contributed by atoms with Gasteiger partial charge >= 0.3 is 0 Å². The van der Waals surface area contributed by atoms with Crippen molar-refractivity contribution < 1.29 is 14.2 Å². The maximum atomic E-state index is 5.84. The van der Waals surface area contributed by atoms with Crippen molar-refractivity contribution in [3.8, 4) is 0 Å². The second kappa shape index (κ2) is 7.31. The van der Waals surface area contributed by atoms with E-state index < -0.39 is 0 Å². The SMILES string of the molecule is CCNC1CC(OCCOCCOC)C1(C)C. The van der Waals surface area contributed by atoms with E-state index in [4.69, 9.17) is 14.2 Å². The monoisotopic (exact) mass is 245 g/mol. The second-order valence-corrected chi connectivity index (χ2v) is 5.13. The number of hydrogen-bond acceptors (Lipinski definition) is 4. The van der Waals surface area contributed by atoms with Crippen LogP contribution in [0.15, 0.2) is 0 Å². The molecule has 1 aliphatic carbocycles. The Labute approximate surface area is 105 Å². The summed E-state index contributed by atoms with van der Waals surface area (Å²) in [6.07, 6.45) is 1.47. The first-order valence-electron chi connectivity index (χ1n) is 6.54. The number of ether oxygens (including phenoxy) is 3. The van der Waals surface area contributed by atoms with Gasteiger partial charge < -0.3 is 19.5 Å².